The van der Waals surface area contributed by atoms with Crippen LogP contribution in [0.1, 0.15) is 20.3 Å². The van der Waals surface area contributed by atoms with E-state index in [4.69, 9.17) is 5.26 Å². The Balaban J connectivity index is 3.42. The average Bonchev–Trinajstić information content (AvgIpc) is 1.90. The minimum absolute atomic E-state index is 0.500. The van der Waals surface area contributed by atoms with Crippen LogP contribution in [0.4, 0.5) is 0 Å². The lowest BCUT2D eigenvalue weighted by Crippen LogP contribution is -1.95. The topological polar surface area (TPSA) is 23.8 Å². The van der Waals surface area contributed by atoms with Crippen LogP contribution in [0.5, 0.6) is 0 Å². The van der Waals surface area contributed by atoms with Gasteiger partial charge in [0.15, 0.2) is 0 Å². The second-order valence-electron chi connectivity index (χ2n) is 1.70. The number of hydrogen-bond acceptors (Lipinski definition) is 3. The molecule has 0 aromatic carbocycles. The highest BCUT2D eigenvalue weighted by Crippen LogP contribution is 2.25. The van der Waals surface area contributed by atoms with E-state index in [1.54, 1.807) is 0 Å². The van der Waals surface area contributed by atoms with Crippen LogP contribution in [0.15, 0.2) is 0 Å². The molecule has 0 fully saturated rings. The fourth-order valence-corrected chi connectivity index (χ4v) is 2.94. The molecule has 0 aromatic heterocycles. The molecule has 0 rings (SSSR count). The van der Waals surface area contributed by atoms with Crippen molar-refractivity contribution in [3.05, 3.63) is 0 Å². The standard InChI is InChI=1S/C7H13NS2/c1-3-9-7(5-6-8)10-4-2/h7H,3-5H2,1-2H3. The summed E-state index contributed by atoms with van der Waals surface area (Å²) < 4.78 is 0.500. The summed E-state index contributed by atoms with van der Waals surface area (Å²) in [5.41, 5.74) is 0. The van der Waals surface area contributed by atoms with Crippen LogP contribution in [-0.2, 0) is 0 Å². The SMILES string of the molecule is CCSC(CC#N)SCC. The molecule has 0 amide bonds. The van der Waals surface area contributed by atoms with Crippen LogP contribution >= 0.6 is 23.5 Å². The van der Waals surface area contributed by atoms with E-state index in [0.29, 0.717) is 11.0 Å². The molecule has 0 unspecified atom stereocenters. The van der Waals surface area contributed by atoms with Crippen molar-refractivity contribution in [2.75, 3.05) is 11.5 Å². The zero-order valence-corrected chi connectivity index (χ0v) is 8.10. The number of rotatable bonds is 5. The highest BCUT2D eigenvalue weighted by molar-refractivity contribution is 8.16. The fourth-order valence-electron chi connectivity index (χ4n) is 0.612. The quantitative estimate of drug-likeness (QED) is 0.600. The van der Waals surface area contributed by atoms with Crippen molar-refractivity contribution in [1.82, 2.24) is 0 Å². The maximum Gasteiger partial charge on any atom is 0.0642 e. The average molecular weight is 175 g/mol. The maximum atomic E-state index is 8.41. The first kappa shape index (κ1) is 10.2. The van der Waals surface area contributed by atoms with Gasteiger partial charge in [0.25, 0.3) is 0 Å². The fraction of sp³-hybridized carbons (Fsp3) is 0.857. The Morgan fingerprint density at radius 3 is 2.10 bits per heavy atom. The largest absolute Gasteiger partial charge is 0.198 e. The smallest absolute Gasteiger partial charge is 0.0642 e. The van der Waals surface area contributed by atoms with Gasteiger partial charge < -0.3 is 0 Å². The summed E-state index contributed by atoms with van der Waals surface area (Å²) in [6, 6.07) is 2.20. The van der Waals surface area contributed by atoms with Gasteiger partial charge in [0.1, 0.15) is 0 Å². The van der Waals surface area contributed by atoms with Crippen LogP contribution in [0.2, 0.25) is 0 Å². The third-order valence-electron chi connectivity index (χ3n) is 0.963. The molecule has 0 aliphatic heterocycles. The van der Waals surface area contributed by atoms with Crippen molar-refractivity contribution >= 4 is 23.5 Å². The Labute approximate surface area is 71.6 Å². The van der Waals surface area contributed by atoms with Gasteiger partial charge in [0.2, 0.25) is 0 Å². The van der Waals surface area contributed by atoms with E-state index >= 15 is 0 Å². The molecule has 0 spiro atoms. The second-order valence-corrected chi connectivity index (χ2v) is 4.96. The van der Waals surface area contributed by atoms with Crippen molar-refractivity contribution in [3.8, 4) is 6.07 Å². The summed E-state index contributed by atoms with van der Waals surface area (Å²) in [6.45, 7) is 4.26. The monoisotopic (exact) mass is 175 g/mol. The molecule has 58 valence electrons. The minimum Gasteiger partial charge on any atom is -0.198 e. The van der Waals surface area contributed by atoms with E-state index in [2.05, 4.69) is 19.9 Å². The molecule has 1 nitrogen and oxygen atoms in total. The van der Waals surface area contributed by atoms with E-state index in [1.165, 1.54) is 0 Å². The van der Waals surface area contributed by atoms with Crippen LogP contribution in [0, 0.1) is 11.3 Å². The molecule has 0 aromatic rings. The Morgan fingerprint density at radius 1 is 1.30 bits per heavy atom. The molecule has 0 radical (unpaired) electrons. The molecular formula is C7H13NS2. The van der Waals surface area contributed by atoms with Gasteiger partial charge >= 0.3 is 0 Å². The lowest BCUT2D eigenvalue weighted by atomic mass is 10.5. The third-order valence-corrected chi connectivity index (χ3v) is 3.52. The van der Waals surface area contributed by atoms with Gasteiger partial charge in [-0.2, -0.15) is 5.26 Å². The van der Waals surface area contributed by atoms with Crippen LogP contribution in [0.25, 0.3) is 0 Å². The van der Waals surface area contributed by atoms with Gasteiger partial charge in [-0.15, -0.1) is 23.5 Å². The minimum atomic E-state index is 0.500. The molecule has 0 aliphatic carbocycles. The molecule has 3 heteroatoms. The molecular weight excluding hydrogens is 162 g/mol. The third kappa shape index (κ3) is 5.01. The van der Waals surface area contributed by atoms with Crippen molar-refractivity contribution < 1.29 is 0 Å². The summed E-state index contributed by atoms with van der Waals surface area (Å²) >= 11 is 3.73. The van der Waals surface area contributed by atoms with Crippen molar-refractivity contribution in [1.29, 1.82) is 5.26 Å². The molecule has 0 heterocycles. The lowest BCUT2D eigenvalue weighted by Gasteiger charge is -2.08. The highest BCUT2D eigenvalue weighted by Gasteiger charge is 2.05. The van der Waals surface area contributed by atoms with Gasteiger partial charge in [-0.1, -0.05) is 13.8 Å². The number of thioether (sulfide) groups is 2. The lowest BCUT2D eigenvalue weighted by molar-refractivity contribution is 1.18. The number of hydrogen-bond donors (Lipinski definition) is 0. The Morgan fingerprint density at radius 2 is 1.80 bits per heavy atom. The molecule has 0 atom stereocenters. The normalized spacial score (nSPS) is 9.80. The van der Waals surface area contributed by atoms with Gasteiger partial charge in [-0.3, -0.25) is 0 Å². The first-order chi connectivity index (χ1) is 4.85. The summed E-state index contributed by atoms with van der Waals surface area (Å²) in [5.74, 6) is 2.22. The summed E-state index contributed by atoms with van der Waals surface area (Å²) in [7, 11) is 0. The van der Waals surface area contributed by atoms with E-state index < -0.39 is 0 Å². The highest BCUT2D eigenvalue weighted by atomic mass is 32.2. The van der Waals surface area contributed by atoms with Gasteiger partial charge in [0, 0.05) is 0 Å². The van der Waals surface area contributed by atoms with Crippen LogP contribution in [-0.4, -0.2) is 16.1 Å². The number of nitriles is 1. The van der Waals surface area contributed by atoms with Crippen LogP contribution < -0.4 is 0 Å². The second kappa shape index (κ2) is 7.30. The Kier molecular flexibility index (Phi) is 7.44. The molecule has 0 aliphatic rings. The van der Waals surface area contributed by atoms with Gasteiger partial charge in [-0.05, 0) is 11.5 Å². The van der Waals surface area contributed by atoms with E-state index in [9.17, 15) is 0 Å². The predicted octanol–water partition coefficient (Wildman–Crippen LogP) is 2.73. The molecule has 0 saturated carbocycles. The molecule has 0 saturated heterocycles. The number of nitrogens with zero attached hydrogens (tertiary/aromatic N) is 1. The molecule has 0 bridgehead atoms. The van der Waals surface area contributed by atoms with Gasteiger partial charge in [0.05, 0.1) is 17.1 Å². The zero-order chi connectivity index (χ0) is 7.82. The summed E-state index contributed by atoms with van der Waals surface area (Å²) in [6.07, 6.45) is 0.678. The van der Waals surface area contributed by atoms with Crippen molar-refractivity contribution in [2.45, 2.75) is 24.9 Å². The summed E-state index contributed by atoms with van der Waals surface area (Å²) in [5, 5.41) is 8.41. The Bertz CT molecular complexity index is 103. The van der Waals surface area contributed by atoms with E-state index in [-0.39, 0.29) is 0 Å². The maximum absolute atomic E-state index is 8.41. The van der Waals surface area contributed by atoms with E-state index in [0.717, 1.165) is 11.5 Å². The van der Waals surface area contributed by atoms with Crippen LogP contribution in [0.3, 0.4) is 0 Å². The molecule has 0 N–H and O–H groups in total. The summed E-state index contributed by atoms with van der Waals surface area (Å²) in [4.78, 5) is 0. The van der Waals surface area contributed by atoms with Crippen molar-refractivity contribution in [2.24, 2.45) is 0 Å². The van der Waals surface area contributed by atoms with E-state index in [1.807, 2.05) is 23.5 Å². The van der Waals surface area contributed by atoms with Gasteiger partial charge in [-0.25, -0.2) is 0 Å². The van der Waals surface area contributed by atoms with Crippen molar-refractivity contribution in [3.63, 3.8) is 0 Å². The molecule has 10 heavy (non-hydrogen) atoms. The Hall–Kier alpha value is 0.190. The first-order valence-electron chi connectivity index (χ1n) is 3.45. The first-order valence-corrected chi connectivity index (χ1v) is 5.55. The predicted molar refractivity (Wildman–Crippen MR) is 50.3 cm³/mol. The zero-order valence-electron chi connectivity index (χ0n) is 6.46.